The summed E-state index contributed by atoms with van der Waals surface area (Å²) in [5, 5.41) is 0. The Kier molecular flexibility index (Phi) is 5.77. The summed E-state index contributed by atoms with van der Waals surface area (Å²) in [6, 6.07) is 0.861. The van der Waals surface area contributed by atoms with Gasteiger partial charge in [-0.2, -0.15) is 0 Å². The highest BCUT2D eigenvalue weighted by Gasteiger charge is 2.36. The fraction of sp³-hybridized carbons (Fsp3) is 0.929. The SMILES string of the molecule is COC(=O)C(C)(N)CC(C)N1CCCC1CN(C)C. The number of hydrogen-bond acceptors (Lipinski definition) is 5. The van der Waals surface area contributed by atoms with Crippen LogP contribution in [0.2, 0.25) is 0 Å². The number of likely N-dealkylation sites (tertiary alicyclic amines) is 1. The van der Waals surface area contributed by atoms with E-state index in [0.29, 0.717) is 18.5 Å². The Hall–Kier alpha value is -0.650. The molecule has 1 heterocycles. The van der Waals surface area contributed by atoms with E-state index in [9.17, 15) is 4.79 Å². The predicted molar refractivity (Wildman–Crippen MR) is 77.0 cm³/mol. The van der Waals surface area contributed by atoms with Crippen molar-refractivity contribution in [3.05, 3.63) is 0 Å². The smallest absolute Gasteiger partial charge is 0.325 e. The van der Waals surface area contributed by atoms with Gasteiger partial charge in [0.15, 0.2) is 0 Å². The summed E-state index contributed by atoms with van der Waals surface area (Å²) < 4.78 is 4.78. The van der Waals surface area contributed by atoms with Crippen LogP contribution < -0.4 is 5.73 Å². The second kappa shape index (κ2) is 6.68. The fourth-order valence-corrected chi connectivity index (χ4v) is 3.10. The van der Waals surface area contributed by atoms with Crippen LogP contribution in [0.3, 0.4) is 0 Å². The Morgan fingerprint density at radius 3 is 2.74 bits per heavy atom. The first-order valence-electron chi connectivity index (χ1n) is 7.05. The van der Waals surface area contributed by atoms with Gasteiger partial charge in [-0.25, -0.2) is 0 Å². The summed E-state index contributed by atoms with van der Waals surface area (Å²) in [5.41, 5.74) is 5.17. The maximum Gasteiger partial charge on any atom is 0.325 e. The molecule has 0 amide bonds. The molecule has 1 rings (SSSR count). The third-order valence-electron chi connectivity index (χ3n) is 3.94. The molecule has 0 radical (unpaired) electrons. The van der Waals surface area contributed by atoms with Crippen LogP contribution in [0.5, 0.6) is 0 Å². The Morgan fingerprint density at radius 2 is 2.21 bits per heavy atom. The normalized spacial score (nSPS) is 25.3. The van der Waals surface area contributed by atoms with Crippen molar-refractivity contribution in [1.29, 1.82) is 0 Å². The van der Waals surface area contributed by atoms with Gasteiger partial charge in [0.25, 0.3) is 0 Å². The van der Waals surface area contributed by atoms with Crippen molar-refractivity contribution in [2.24, 2.45) is 5.73 Å². The third kappa shape index (κ3) is 4.44. The zero-order valence-corrected chi connectivity index (χ0v) is 13.0. The largest absolute Gasteiger partial charge is 0.468 e. The maximum atomic E-state index is 11.7. The molecule has 1 aliphatic rings. The minimum atomic E-state index is -0.903. The number of methoxy groups -OCH3 is 1. The standard InChI is InChI=1S/C14H29N3O2/c1-11(9-14(2,15)13(18)19-5)17-8-6-7-12(17)10-16(3)4/h11-12H,6-10,15H2,1-5H3. The van der Waals surface area contributed by atoms with E-state index < -0.39 is 5.54 Å². The molecule has 112 valence electrons. The van der Waals surface area contributed by atoms with Crippen LogP contribution in [0.25, 0.3) is 0 Å². The molecule has 0 bridgehead atoms. The lowest BCUT2D eigenvalue weighted by Gasteiger charge is -2.35. The lowest BCUT2D eigenvalue weighted by Crippen LogP contribution is -2.52. The number of nitrogens with two attached hydrogens (primary N) is 1. The van der Waals surface area contributed by atoms with E-state index in [2.05, 4.69) is 30.8 Å². The number of carbonyl (C=O) groups is 1. The quantitative estimate of drug-likeness (QED) is 0.720. The molecule has 2 N–H and O–H groups in total. The molecule has 19 heavy (non-hydrogen) atoms. The number of likely N-dealkylation sites (N-methyl/N-ethyl adjacent to an activating group) is 1. The van der Waals surface area contributed by atoms with Crippen molar-refractivity contribution < 1.29 is 9.53 Å². The lowest BCUT2D eigenvalue weighted by molar-refractivity contribution is -0.147. The number of nitrogens with zero attached hydrogens (tertiary/aromatic N) is 2. The number of ether oxygens (including phenoxy) is 1. The number of hydrogen-bond donors (Lipinski definition) is 1. The summed E-state index contributed by atoms with van der Waals surface area (Å²) in [7, 11) is 5.59. The Morgan fingerprint density at radius 1 is 1.58 bits per heavy atom. The van der Waals surface area contributed by atoms with Crippen LogP contribution >= 0.6 is 0 Å². The maximum absolute atomic E-state index is 11.7. The highest BCUT2D eigenvalue weighted by molar-refractivity contribution is 5.79. The molecule has 1 fully saturated rings. The van der Waals surface area contributed by atoms with E-state index in [0.717, 1.165) is 13.1 Å². The van der Waals surface area contributed by atoms with Gasteiger partial charge in [0, 0.05) is 18.6 Å². The molecule has 0 saturated carbocycles. The molecular weight excluding hydrogens is 242 g/mol. The van der Waals surface area contributed by atoms with E-state index in [1.54, 1.807) is 6.92 Å². The number of rotatable bonds is 6. The summed E-state index contributed by atoms with van der Waals surface area (Å²) >= 11 is 0. The van der Waals surface area contributed by atoms with E-state index in [1.807, 2.05) is 0 Å². The molecule has 3 atom stereocenters. The monoisotopic (exact) mass is 271 g/mol. The molecular formula is C14H29N3O2. The molecule has 0 aromatic carbocycles. The molecule has 1 saturated heterocycles. The molecule has 5 nitrogen and oxygen atoms in total. The first kappa shape index (κ1) is 16.4. The van der Waals surface area contributed by atoms with Crippen LogP contribution in [-0.2, 0) is 9.53 Å². The van der Waals surface area contributed by atoms with Crippen LogP contribution in [0.4, 0.5) is 0 Å². The van der Waals surface area contributed by atoms with E-state index in [4.69, 9.17) is 10.5 Å². The van der Waals surface area contributed by atoms with Crippen molar-refractivity contribution in [2.45, 2.75) is 50.7 Å². The summed E-state index contributed by atoms with van der Waals surface area (Å²) in [6.45, 7) is 6.06. The van der Waals surface area contributed by atoms with Crippen LogP contribution in [0.1, 0.15) is 33.1 Å². The molecule has 3 unspecified atom stereocenters. The molecule has 0 aliphatic carbocycles. The molecule has 0 aromatic rings. The first-order valence-corrected chi connectivity index (χ1v) is 7.05. The van der Waals surface area contributed by atoms with Gasteiger partial charge in [-0.15, -0.1) is 0 Å². The van der Waals surface area contributed by atoms with Crippen molar-refractivity contribution in [3.8, 4) is 0 Å². The highest BCUT2D eigenvalue weighted by Crippen LogP contribution is 2.24. The van der Waals surface area contributed by atoms with E-state index in [1.165, 1.54) is 20.0 Å². The fourth-order valence-electron chi connectivity index (χ4n) is 3.10. The van der Waals surface area contributed by atoms with Crippen molar-refractivity contribution >= 4 is 5.97 Å². The van der Waals surface area contributed by atoms with Crippen molar-refractivity contribution in [2.75, 3.05) is 34.3 Å². The van der Waals surface area contributed by atoms with E-state index >= 15 is 0 Å². The van der Waals surface area contributed by atoms with Gasteiger partial charge in [0.2, 0.25) is 0 Å². The van der Waals surface area contributed by atoms with Gasteiger partial charge < -0.3 is 15.4 Å². The van der Waals surface area contributed by atoms with Crippen molar-refractivity contribution in [3.63, 3.8) is 0 Å². The van der Waals surface area contributed by atoms with Gasteiger partial charge >= 0.3 is 5.97 Å². The molecule has 0 spiro atoms. The summed E-state index contributed by atoms with van der Waals surface area (Å²) in [6.07, 6.45) is 3.08. The zero-order valence-electron chi connectivity index (χ0n) is 13.0. The Bertz CT molecular complexity index is 305. The minimum Gasteiger partial charge on any atom is -0.468 e. The summed E-state index contributed by atoms with van der Waals surface area (Å²) in [4.78, 5) is 16.4. The molecule has 5 heteroatoms. The molecule has 1 aliphatic heterocycles. The molecule has 0 aromatic heterocycles. The second-order valence-electron chi connectivity index (χ2n) is 6.26. The van der Waals surface area contributed by atoms with Crippen LogP contribution in [0.15, 0.2) is 0 Å². The number of carbonyl (C=O) groups excluding carboxylic acids is 1. The minimum absolute atomic E-state index is 0.293. The van der Waals surface area contributed by atoms with E-state index in [-0.39, 0.29) is 5.97 Å². The van der Waals surface area contributed by atoms with Gasteiger partial charge in [-0.1, -0.05) is 0 Å². The van der Waals surface area contributed by atoms with Crippen LogP contribution in [0, 0.1) is 0 Å². The predicted octanol–water partition coefficient (Wildman–Crippen LogP) is 0.681. The Labute approximate surface area is 117 Å². The van der Waals surface area contributed by atoms with Gasteiger partial charge in [-0.3, -0.25) is 9.69 Å². The van der Waals surface area contributed by atoms with Gasteiger partial charge in [-0.05, 0) is 53.8 Å². The third-order valence-corrected chi connectivity index (χ3v) is 3.94. The van der Waals surface area contributed by atoms with Gasteiger partial charge in [0.05, 0.1) is 7.11 Å². The lowest BCUT2D eigenvalue weighted by atomic mass is 9.94. The average Bonchev–Trinajstić information content (AvgIpc) is 2.74. The van der Waals surface area contributed by atoms with Crippen LogP contribution in [-0.4, -0.2) is 67.7 Å². The summed E-state index contributed by atoms with van der Waals surface area (Å²) in [5.74, 6) is -0.331. The zero-order chi connectivity index (χ0) is 14.6. The first-order chi connectivity index (χ1) is 8.77. The second-order valence-corrected chi connectivity index (χ2v) is 6.26. The highest BCUT2D eigenvalue weighted by atomic mass is 16.5. The Balaban J connectivity index is 2.61. The van der Waals surface area contributed by atoms with Crippen molar-refractivity contribution in [1.82, 2.24) is 9.80 Å². The number of esters is 1. The topological polar surface area (TPSA) is 58.8 Å². The average molecular weight is 271 g/mol. The van der Waals surface area contributed by atoms with Gasteiger partial charge in [0.1, 0.15) is 5.54 Å².